The summed E-state index contributed by atoms with van der Waals surface area (Å²) >= 11 is 0. The Kier molecular flexibility index (Phi) is 13.0. The molecule has 222 valence electrons. The van der Waals surface area contributed by atoms with Crippen LogP contribution in [0.15, 0.2) is 35.5 Å². The Balaban J connectivity index is 2.26. The first-order valence-electron chi connectivity index (χ1n) is 13.0. The van der Waals surface area contributed by atoms with Gasteiger partial charge in [-0.15, -0.1) is 0 Å². The second-order valence-electron chi connectivity index (χ2n) is 9.79. The van der Waals surface area contributed by atoms with Crippen LogP contribution in [0.1, 0.15) is 54.0 Å². The number of hydrogen-bond donors (Lipinski definition) is 0. The lowest BCUT2D eigenvalue weighted by Crippen LogP contribution is -2.62. The van der Waals surface area contributed by atoms with Gasteiger partial charge in [-0.1, -0.05) is 56.3 Å². The van der Waals surface area contributed by atoms with Gasteiger partial charge in [0.1, 0.15) is 12.7 Å². The van der Waals surface area contributed by atoms with Crippen molar-refractivity contribution >= 4 is 30.1 Å². The average molecular weight is 566 g/mol. The van der Waals surface area contributed by atoms with Crippen LogP contribution in [0, 0.1) is 11.8 Å². The molecule has 0 radical (unpaired) electrons. The van der Waals surface area contributed by atoms with Crippen LogP contribution in [-0.2, 0) is 59.0 Å². The molecule has 7 atom stereocenters. The number of ether oxygens (including phenoxy) is 6. The molecule has 1 aromatic rings. The Bertz CT molecular complexity index is 1010. The van der Waals surface area contributed by atoms with Gasteiger partial charge in [0.25, 0.3) is 6.29 Å². The van der Waals surface area contributed by atoms with Gasteiger partial charge in [-0.25, -0.2) is 0 Å². The highest BCUT2D eigenvalue weighted by Crippen LogP contribution is 2.30. The smallest absolute Gasteiger partial charge is 0.303 e. The molecule has 12 heteroatoms. The minimum absolute atomic E-state index is 0.149. The third-order valence-corrected chi connectivity index (χ3v) is 5.87. The fourth-order valence-corrected chi connectivity index (χ4v) is 4.27. The molecule has 12 nitrogen and oxygen atoms in total. The summed E-state index contributed by atoms with van der Waals surface area (Å²) in [5.41, 5.74) is 1.03. The Labute approximate surface area is 234 Å². The Hall–Kier alpha value is -3.51. The van der Waals surface area contributed by atoms with Gasteiger partial charge in [0.2, 0.25) is 6.10 Å². The van der Waals surface area contributed by atoms with E-state index in [1.165, 1.54) is 13.1 Å². The van der Waals surface area contributed by atoms with Crippen molar-refractivity contribution in [3.8, 4) is 0 Å². The number of rotatable bonds is 13. The molecule has 1 aromatic carbocycles. The standard InChI is InChI=1S/C28H39NO11/c1-16(2)24(35-14-22-11-9-8-10-12-22)17(3)13-29-40-28-27(38-21(7)33)26(37-20(6)32)25(36-19(5)31)23(39-28)15-34-18(4)30/h8-13,16-17,23-28H,14-15H2,1-7H3/b29-13+/t17-,23-,24-,25-,26+,27-,28+/m1/s1. The highest BCUT2D eigenvalue weighted by atomic mass is 16.8. The van der Waals surface area contributed by atoms with Gasteiger partial charge in [0.05, 0.1) is 12.7 Å². The van der Waals surface area contributed by atoms with E-state index < -0.39 is 54.6 Å². The first-order valence-corrected chi connectivity index (χ1v) is 13.0. The van der Waals surface area contributed by atoms with Crippen LogP contribution in [-0.4, -0.2) is 73.5 Å². The van der Waals surface area contributed by atoms with E-state index in [-0.39, 0.29) is 24.5 Å². The molecule has 1 fully saturated rings. The fourth-order valence-electron chi connectivity index (χ4n) is 4.27. The van der Waals surface area contributed by atoms with Gasteiger partial charge in [-0.05, 0) is 11.5 Å². The van der Waals surface area contributed by atoms with Crippen LogP contribution >= 0.6 is 0 Å². The minimum atomic E-state index is -1.40. The zero-order valence-corrected chi connectivity index (χ0v) is 23.9. The third kappa shape index (κ3) is 10.6. The summed E-state index contributed by atoms with van der Waals surface area (Å²) in [5.74, 6) is -2.85. The van der Waals surface area contributed by atoms with Crippen molar-refractivity contribution < 1.29 is 52.4 Å². The molecule has 1 saturated heterocycles. The fraction of sp³-hybridized carbons (Fsp3) is 0.607. The largest absolute Gasteiger partial charge is 0.463 e. The topological polar surface area (TPSA) is 145 Å². The molecule has 0 aliphatic carbocycles. The molecule has 0 amide bonds. The van der Waals surface area contributed by atoms with E-state index in [4.69, 9.17) is 33.3 Å². The van der Waals surface area contributed by atoms with Crippen LogP contribution < -0.4 is 0 Å². The van der Waals surface area contributed by atoms with Gasteiger partial charge in [0, 0.05) is 39.8 Å². The molecular formula is C28H39NO11. The van der Waals surface area contributed by atoms with Gasteiger partial charge in [-0.3, -0.25) is 19.2 Å². The van der Waals surface area contributed by atoms with Crippen LogP contribution in [0.4, 0.5) is 0 Å². The van der Waals surface area contributed by atoms with Crippen molar-refractivity contribution in [2.24, 2.45) is 17.0 Å². The number of carbonyl (C=O) groups excluding carboxylic acids is 4. The summed E-state index contributed by atoms with van der Waals surface area (Å²) in [6, 6.07) is 9.77. The van der Waals surface area contributed by atoms with E-state index in [1.807, 2.05) is 51.1 Å². The van der Waals surface area contributed by atoms with E-state index in [0.717, 1.165) is 26.3 Å². The van der Waals surface area contributed by atoms with Gasteiger partial charge in [0.15, 0.2) is 12.2 Å². The monoisotopic (exact) mass is 565 g/mol. The molecule has 0 aromatic heterocycles. The zero-order valence-electron chi connectivity index (χ0n) is 23.9. The number of esters is 4. The summed E-state index contributed by atoms with van der Waals surface area (Å²) < 4.78 is 33.2. The number of hydrogen-bond acceptors (Lipinski definition) is 12. The van der Waals surface area contributed by atoms with Crippen LogP contribution in [0.5, 0.6) is 0 Å². The summed E-state index contributed by atoms with van der Waals surface area (Å²) in [4.78, 5) is 52.8. The van der Waals surface area contributed by atoms with Crippen LogP contribution in [0.25, 0.3) is 0 Å². The van der Waals surface area contributed by atoms with Gasteiger partial charge in [-0.2, -0.15) is 0 Å². The summed E-state index contributed by atoms with van der Waals surface area (Å²) in [5, 5.41) is 4.06. The first-order chi connectivity index (χ1) is 18.9. The SMILES string of the molecule is CC(=O)OC[C@H]1O[C@@H](O/N=C/[C@@H](C)[C@H](OCc2ccccc2)C(C)C)[C@H](OC(C)=O)[C@@H](OC(C)=O)[C@@H]1OC(C)=O. The molecule has 2 rings (SSSR count). The maximum Gasteiger partial charge on any atom is 0.303 e. The molecule has 0 spiro atoms. The zero-order chi connectivity index (χ0) is 29.8. The molecule has 0 unspecified atom stereocenters. The van der Waals surface area contributed by atoms with E-state index in [9.17, 15) is 19.2 Å². The number of carbonyl (C=O) groups is 4. The highest BCUT2D eigenvalue weighted by Gasteiger charge is 2.53. The predicted octanol–water partition coefficient (Wildman–Crippen LogP) is 2.95. The number of oxime groups is 1. The lowest BCUT2D eigenvalue weighted by atomic mass is 9.95. The summed E-state index contributed by atoms with van der Waals surface area (Å²) in [7, 11) is 0. The van der Waals surface area contributed by atoms with Crippen molar-refractivity contribution in [3.63, 3.8) is 0 Å². The minimum Gasteiger partial charge on any atom is -0.463 e. The van der Waals surface area contributed by atoms with Crippen molar-refractivity contribution in [2.75, 3.05) is 6.61 Å². The van der Waals surface area contributed by atoms with Crippen molar-refractivity contribution in [1.82, 2.24) is 0 Å². The van der Waals surface area contributed by atoms with E-state index in [1.54, 1.807) is 0 Å². The normalized spacial score (nSPS) is 24.1. The summed E-state index contributed by atoms with van der Waals surface area (Å²) in [6.45, 7) is 10.7. The Morgan fingerprint density at radius 1 is 0.850 bits per heavy atom. The van der Waals surface area contributed by atoms with E-state index in [2.05, 4.69) is 5.16 Å². The summed E-state index contributed by atoms with van der Waals surface area (Å²) in [6.07, 6.45) is -5.17. The Morgan fingerprint density at radius 3 is 1.98 bits per heavy atom. The lowest BCUT2D eigenvalue weighted by Gasteiger charge is -2.42. The molecule has 1 heterocycles. The van der Waals surface area contributed by atoms with Gasteiger partial charge >= 0.3 is 23.9 Å². The van der Waals surface area contributed by atoms with Crippen molar-refractivity contribution in [3.05, 3.63) is 35.9 Å². The van der Waals surface area contributed by atoms with Crippen LogP contribution in [0.3, 0.4) is 0 Å². The van der Waals surface area contributed by atoms with Gasteiger partial charge < -0.3 is 33.3 Å². The molecule has 0 bridgehead atoms. The molecule has 1 aliphatic rings. The maximum atomic E-state index is 11.9. The van der Waals surface area contributed by atoms with E-state index >= 15 is 0 Å². The second-order valence-corrected chi connectivity index (χ2v) is 9.79. The van der Waals surface area contributed by atoms with Crippen molar-refractivity contribution in [2.45, 2.75) is 91.9 Å². The predicted molar refractivity (Wildman–Crippen MR) is 141 cm³/mol. The molecule has 40 heavy (non-hydrogen) atoms. The van der Waals surface area contributed by atoms with Crippen molar-refractivity contribution in [1.29, 1.82) is 0 Å². The maximum absolute atomic E-state index is 11.9. The van der Waals surface area contributed by atoms with E-state index in [0.29, 0.717) is 6.61 Å². The first kappa shape index (κ1) is 32.7. The molecule has 1 aliphatic heterocycles. The molecular weight excluding hydrogens is 526 g/mol. The average Bonchev–Trinajstić information content (AvgIpc) is 2.86. The molecule has 0 N–H and O–H groups in total. The Morgan fingerprint density at radius 2 is 1.43 bits per heavy atom. The third-order valence-electron chi connectivity index (χ3n) is 5.87. The number of benzene rings is 1. The molecule has 0 saturated carbocycles. The lowest BCUT2D eigenvalue weighted by molar-refractivity contribution is -0.308. The quantitative estimate of drug-likeness (QED) is 0.151. The second kappa shape index (κ2) is 15.9. The highest BCUT2D eigenvalue weighted by molar-refractivity contribution is 5.68. The number of nitrogens with zero attached hydrogens (tertiary/aromatic N) is 1. The van der Waals surface area contributed by atoms with Crippen LogP contribution in [0.2, 0.25) is 0 Å².